The number of furan rings is 2. The Bertz CT molecular complexity index is 4340. The molecule has 0 spiro atoms. The molecule has 0 radical (unpaired) electrons. The molecule has 4 heteroatoms. The van der Waals surface area contributed by atoms with E-state index < -0.39 is 0 Å². The van der Waals surface area contributed by atoms with Crippen LogP contribution in [-0.4, -0.2) is 0 Å². The molecule has 10 aromatic carbocycles. The lowest BCUT2D eigenvalue weighted by atomic mass is 9.92. The fourth-order valence-corrected chi connectivity index (χ4v) is 11.3. The molecule has 0 fully saturated rings. The zero-order chi connectivity index (χ0) is 49.2. The number of benzene rings is 10. The van der Waals surface area contributed by atoms with E-state index in [0.29, 0.717) is 0 Å². The Morgan fingerprint density at radius 2 is 1.03 bits per heavy atom. The third kappa shape index (κ3) is 7.37. The average molecular weight is 941 g/mol. The zero-order valence-corrected chi connectivity index (χ0v) is 41.4. The zero-order valence-electron chi connectivity index (χ0n) is 41.4. The van der Waals surface area contributed by atoms with Gasteiger partial charge in [-0.25, -0.2) is 0 Å². The van der Waals surface area contributed by atoms with E-state index in [9.17, 15) is 0 Å². The fraction of sp³-hybridized carbons (Fsp3) is 0.0725. The second-order valence-corrected chi connectivity index (χ2v) is 19.3. The SMILES string of the molecule is C\C(=C/C=C\C=C(/C)N(c1ccc2ccc3c4c(ccc1c24)=CCC=C3N(c1ccccc1-c1ccccc1)c1cccc2c1oc1c(C)cccc12)c1cccc2c1oc1c(C)cccc12)c1ccccc1. The van der Waals surface area contributed by atoms with Crippen molar-refractivity contribution < 1.29 is 8.83 Å². The van der Waals surface area contributed by atoms with Gasteiger partial charge in [-0.3, -0.25) is 0 Å². The minimum Gasteiger partial charge on any atom is -0.454 e. The highest BCUT2D eigenvalue weighted by molar-refractivity contribution is 6.21. The van der Waals surface area contributed by atoms with E-state index in [2.05, 4.69) is 268 Å². The van der Waals surface area contributed by atoms with E-state index in [1.165, 1.54) is 32.5 Å². The van der Waals surface area contributed by atoms with Gasteiger partial charge >= 0.3 is 0 Å². The van der Waals surface area contributed by atoms with Crippen LogP contribution < -0.4 is 15.0 Å². The molecule has 12 aromatic rings. The van der Waals surface area contributed by atoms with Crippen molar-refractivity contribution in [1.82, 2.24) is 0 Å². The van der Waals surface area contributed by atoms with Gasteiger partial charge in [-0.15, -0.1) is 0 Å². The van der Waals surface area contributed by atoms with Gasteiger partial charge in [0.2, 0.25) is 0 Å². The highest BCUT2D eigenvalue weighted by Gasteiger charge is 2.28. The Balaban J connectivity index is 1.04. The number of hydrogen-bond acceptors (Lipinski definition) is 4. The van der Waals surface area contributed by atoms with Crippen molar-refractivity contribution in [3.8, 4) is 11.1 Å². The Morgan fingerprint density at radius 1 is 0.438 bits per heavy atom. The van der Waals surface area contributed by atoms with Crippen LogP contribution in [0.3, 0.4) is 0 Å². The highest BCUT2D eigenvalue weighted by atomic mass is 16.3. The molecule has 0 aliphatic heterocycles. The molecular formula is C69H52N2O2. The first-order valence-electron chi connectivity index (χ1n) is 25.2. The average Bonchev–Trinajstić information content (AvgIpc) is 3.96. The summed E-state index contributed by atoms with van der Waals surface area (Å²) in [7, 11) is 0. The summed E-state index contributed by atoms with van der Waals surface area (Å²) in [6.45, 7) is 8.62. The Morgan fingerprint density at radius 3 is 1.75 bits per heavy atom. The summed E-state index contributed by atoms with van der Waals surface area (Å²) in [6, 6.07) is 69.9. The topological polar surface area (TPSA) is 32.8 Å². The molecule has 0 saturated heterocycles. The third-order valence-corrected chi connectivity index (χ3v) is 14.8. The van der Waals surface area contributed by atoms with Crippen LogP contribution in [0.25, 0.3) is 93.9 Å². The van der Waals surface area contributed by atoms with Crippen LogP contribution in [0.4, 0.5) is 22.7 Å². The standard InChI is InChI=1S/C69H52N2O2/c1-44(48-24-7-5-8-25-48)20-11-12-23-47(4)70(62-36-18-32-55-53-30-15-21-45(2)66(53)72-68(55)62)61-43-40-51-39-42-57-60(35-17-28-50-38-41-58(61)65(51)64(50)57)71(59-34-14-13-29-52(59)49-26-9-6-10-27-49)63-37-19-33-56-54-31-16-22-46(3)67(54)73-69(56)63/h5-16,18-43H,17H2,1-4H3/b12-11-,44-20+,47-23+. The van der Waals surface area contributed by atoms with Crippen molar-refractivity contribution in [1.29, 1.82) is 0 Å². The van der Waals surface area contributed by atoms with Crippen LogP contribution in [-0.2, 0) is 0 Å². The quantitative estimate of drug-likeness (QED) is 0.128. The Kier molecular flexibility index (Phi) is 10.8. The second kappa shape index (κ2) is 17.9. The van der Waals surface area contributed by atoms with Crippen LogP contribution in [0.5, 0.6) is 0 Å². The molecule has 2 heterocycles. The maximum absolute atomic E-state index is 7.00. The van der Waals surface area contributed by atoms with Gasteiger partial charge in [-0.1, -0.05) is 200 Å². The molecule has 0 saturated carbocycles. The van der Waals surface area contributed by atoms with Gasteiger partial charge < -0.3 is 18.6 Å². The maximum Gasteiger partial charge on any atom is 0.159 e. The molecule has 0 unspecified atom stereocenters. The lowest BCUT2D eigenvalue weighted by molar-refractivity contribution is 0.665. The van der Waals surface area contributed by atoms with E-state index in [4.69, 9.17) is 8.83 Å². The molecule has 0 bridgehead atoms. The van der Waals surface area contributed by atoms with Crippen LogP contribution in [0.1, 0.15) is 42.5 Å². The molecule has 4 nitrogen and oxygen atoms in total. The number of allylic oxidation sites excluding steroid dienone is 7. The minimum atomic E-state index is 0.741. The highest BCUT2D eigenvalue weighted by Crippen LogP contribution is 2.49. The lowest BCUT2D eigenvalue weighted by Gasteiger charge is -2.31. The molecule has 1 aliphatic carbocycles. The molecule has 350 valence electrons. The van der Waals surface area contributed by atoms with Crippen LogP contribution in [0.2, 0.25) is 0 Å². The summed E-state index contributed by atoms with van der Waals surface area (Å²) in [5, 5.41) is 10.4. The number of aryl methyl sites for hydroxylation is 2. The van der Waals surface area contributed by atoms with Crippen molar-refractivity contribution in [3.05, 3.63) is 258 Å². The van der Waals surface area contributed by atoms with Gasteiger partial charge in [-0.05, 0) is 114 Å². The lowest BCUT2D eigenvalue weighted by Crippen LogP contribution is -2.18. The van der Waals surface area contributed by atoms with Gasteiger partial charge in [0, 0.05) is 43.8 Å². The Labute approximate surface area is 425 Å². The first-order chi connectivity index (χ1) is 35.9. The summed E-state index contributed by atoms with van der Waals surface area (Å²) in [4.78, 5) is 4.86. The maximum atomic E-state index is 7.00. The molecule has 0 amide bonds. The fourth-order valence-electron chi connectivity index (χ4n) is 11.3. The van der Waals surface area contributed by atoms with E-state index in [1.54, 1.807) is 0 Å². The summed E-state index contributed by atoms with van der Waals surface area (Å²) in [6.07, 6.45) is 14.2. The molecule has 73 heavy (non-hydrogen) atoms. The predicted octanol–water partition coefficient (Wildman–Crippen LogP) is 18.9. The predicted molar refractivity (Wildman–Crippen MR) is 310 cm³/mol. The van der Waals surface area contributed by atoms with Crippen molar-refractivity contribution in [2.24, 2.45) is 0 Å². The van der Waals surface area contributed by atoms with Gasteiger partial charge in [-0.2, -0.15) is 0 Å². The molecule has 0 atom stereocenters. The number of para-hydroxylation sites is 5. The van der Waals surface area contributed by atoms with Gasteiger partial charge in [0.1, 0.15) is 11.2 Å². The van der Waals surface area contributed by atoms with Gasteiger partial charge in [0.25, 0.3) is 0 Å². The number of hydrogen-bond donors (Lipinski definition) is 0. The van der Waals surface area contributed by atoms with Crippen LogP contribution in [0, 0.1) is 13.8 Å². The van der Waals surface area contributed by atoms with E-state index in [1.807, 2.05) is 0 Å². The first kappa shape index (κ1) is 43.9. The summed E-state index contributed by atoms with van der Waals surface area (Å²) in [5.41, 5.74) is 17.9. The van der Waals surface area contributed by atoms with Crippen molar-refractivity contribution in [2.45, 2.75) is 34.1 Å². The van der Waals surface area contributed by atoms with E-state index in [-0.39, 0.29) is 0 Å². The normalized spacial score (nSPS) is 13.2. The Hall–Kier alpha value is -9.12. The largest absolute Gasteiger partial charge is 0.454 e. The molecular weight excluding hydrogens is 889 g/mol. The van der Waals surface area contributed by atoms with Crippen molar-refractivity contribution in [2.75, 3.05) is 9.80 Å². The van der Waals surface area contributed by atoms with Crippen LogP contribution >= 0.6 is 0 Å². The first-order valence-corrected chi connectivity index (χ1v) is 25.2. The molecule has 2 aromatic heterocycles. The number of fused-ring (bicyclic) bond motifs is 6. The third-order valence-electron chi connectivity index (χ3n) is 14.8. The number of rotatable bonds is 10. The van der Waals surface area contributed by atoms with Crippen LogP contribution in [0.15, 0.2) is 239 Å². The molecule has 0 N–H and O–H groups in total. The summed E-state index contributed by atoms with van der Waals surface area (Å²) in [5.74, 6) is 0. The second-order valence-electron chi connectivity index (χ2n) is 19.3. The van der Waals surface area contributed by atoms with Crippen molar-refractivity contribution >= 4 is 106 Å². The van der Waals surface area contributed by atoms with Gasteiger partial charge in [0.05, 0.1) is 28.4 Å². The number of anilines is 4. The minimum absolute atomic E-state index is 0.741. The molecule has 13 rings (SSSR count). The molecule has 1 aliphatic rings. The smallest absolute Gasteiger partial charge is 0.159 e. The van der Waals surface area contributed by atoms with E-state index in [0.717, 1.165) is 118 Å². The summed E-state index contributed by atoms with van der Waals surface area (Å²) < 4.78 is 13.9. The monoisotopic (exact) mass is 940 g/mol. The summed E-state index contributed by atoms with van der Waals surface area (Å²) >= 11 is 0. The van der Waals surface area contributed by atoms with Gasteiger partial charge in [0.15, 0.2) is 11.2 Å². The van der Waals surface area contributed by atoms with E-state index >= 15 is 0 Å². The number of nitrogens with zero attached hydrogens (tertiary/aromatic N) is 2. The van der Waals surface area contributed by atoms with Crippen molar-refractivity contribution in [3.63, 3.8) is 0 Å².